The van der Waals surface area contributed by atoms with Crippen LogP contribution in [0.3, 0.4) is 0 Å². The smallest absolute Gasteiger partial charge is 0.481 e. The summed E-state index contributed by atoms with van der Waals surface area (Å²) in [4.78, 5) is 10.7. The van der Waals surface area contributed by atoms with Crippen LogP contribution in [-0.2, 0) is 14.9 Å². The number of carbonyl (C=O) groups is 1. The monoisotopic (exact) mass is 324 g/mol. The van der Waals surface area contributed by atoms with E-state index in [0.717, 1.165) is 17.7 Å². The molecule has 1 fully saturated rings. The Hall–Kier alpha value is -1.77. The summed E-state index contributed by atoms with van der Waals surface area (Å²) in [5.41, 5.74) is -4.74. The lowest BCUT2D eigenvalue weighted by atomic mass is 9.71. The Kier molecular flexibility index (Phi) is 3.87. The van der Waals surface area contributed by atoms with E-state index in [9.17, 15) is 26.4 Å². The predicted molar refractivity (Wildman–Crippen MR) is 65.1 cm³/mol. The van der Waals surface area contributed by atoms with Gasteiger partial charge in [0.1, 0.15) is 5.75 Å². The summed E-state index contributed by atoms with van der Waals surface area (Å²) in [6.07, 6.45) is 0.909. The molecule has 2 rings (SSSR count). The molecule has 1 aromatic rings. The van der Waals surface area contributed by atoms with Crippen LogP contribution in [0.1, 0.15) is 24.3 Å². The van der Waals surface area contributed by atoms with Crippen molar-refractivity contribution >= 4 is 16.1 Å². The number of alkyl halides is 3. The van der Waals surface area contributed by atoms with E-state index >= 15 is 0 Å². The number of carboxylic acids is 1. The molecule has 0 spiro atoms. The number of carboxylic acid groups (broad SMARTS) is 1. The average Bonchev–Trinajstić information content (AvgIpc) is 2.27. The van der Waals surface area contributed by atoms with E-state index in [0.29, 0.717) is 12.8 Å². The zero-order valence-electron chi connectivity index (χ0n) is 10.5. The molecule has 0 amide bonds. The number of hydrogen-bond acceptors (Lipinski definition) is 4. The van der Waals surface area contributed by atoms with Crippen molar-refractivity contribution in [2.45, 2.75) is 24.3 Å². The van der Waals surface area contributed by atoms with Crippen LogP contribution in [0.15, 0.2) is 24.3 Å². The van der Waals surface area contributed by atoms with Crippen molar-refractivity contribution in [2.24, 2.45) is 5.92 Å². The molecule has 9 heteroatoms. The quantitative estimate of drug-likeness (QED) is 0.680. The van der Waals surface area contributed by atoms with Crippen molar-refractivity contribution in [3.8, 4) is 5.75 Å². The Bertz CT molecular complexity index is 630. The van der Waals surface area contributed by atoms with Crippen molar-refractivity contribution in [2.75, 3.05) is 0 Å². The van der Waals surface area contributed by atoms with Crippen molar-refractivity contribution in [1.29, 1.82) is 0 Å². The van der Waals surface area contributed by atoms with E-state index in [2.05, 4.69) is 4.18 Å². The summed E-state index contributed by atoms with van der Waals surface area (Å²) in [5.74, 6) is -1.71. The third-order valence-electron chi connectivity index (χ3n) is 3.33. The molecule has 1 aliphatic rings. The van der Waals surface area contributed by atoms with Crippen LogP contribution in [0.5, 0.6) is 5.75 Å². The van der Waals surface area contributed by atoms with Crippen LogP contribution in [0.2, 0.25) is 0 Å². The van der Waals surface area contributed by atoms with Gasteiger partial charge in [-0.1, -0.05) is 12.1 Å². The largest absolute Gasteiger partial charge is 0.534 e. The van der Waals surface area contributed by atoms with Gasteiger partial charge in [-0.2, -0.15) is 21.6 Å². The van der Waals surface area contributed by atoms with Crippen molar-refractivity contribution in [3.63, 3.8) is 0 Å². The number of halogens is 3. The summed E-state index contributed by atoms with van der Waals surface area (Å²) in [6, 6.07) is 5.10. The summed E-state index contributed by atoms with van der Waals surface area (Å²) in [7, 11) is -5.67. The number of rotatable bonds is 4. The zero-order chi connectivity index (χ0) is 15.8. The highest BCUT2D eigenvalue weighted by atomic mass is 32.2. The van der Waals surface area contributed by atoms with E-state index in [4.69, 9.17) is 5.11 Å². The van der Waals surface area contributed by atoms with Gasteiger partial charge in [-0.05, 0) is 36.5 Å². The first-order valence-electron chi connectivity index (χ1n) is 5.93. The average molecular weight is 324 g/mol. The molecular formula is C12H11F3O5S. The van der Waals surface area contributed by atoms with Gasteiger partial charge >= 0.3 is 21.6 Å². The molecule has 0 bridgehead atoms. The van der Waals surface area contributed by atoms with E-state index in [1.54, 1.807) is 0 Å². The SMILES string of the molecule is O=C(O)C1CC(c2ccc(OS(=O)(=O)C(F)(F)F)cc2)C1. The van der Waals surface area contributed by atoms with Gasteiger partial charge in [-0.3, -0.25) is 4.79 Å². The minimum absolute atomic E-state index is 0.0133. The first-order valence-corrected chi connectivity index (χ1v) is 7.34. The summed E-state index contributed by atoms with van der Waals surface area (Å²) < 4.78 is 62.0. The lowest BCUT2D eigenvalue weighted by molar-refractivity contribution is -0.145. The fraction of sp³-hybridized carbons (Fsp3) is 0.417. The second-order valence-electron chi connectivity index (χ2n) is 4.76. The van der Waals surface area contributed by atoms with Gasteiger partial charge in [-0.25, -0.2) is 0 Å². The van der Waals surface area contributed by atoms with Gasteiger partial charge < -0.3 is 9.29 Å². The fourth-order valence-corrected chi connectivity index (χ4v) is 2.52. The molecule has 21 heavy (non-hydrogen) atoms. The summed E-state index contributed by atoms with van der Waals surface area (Å²) in [5, 5.41) is 8.75. The van der Waals surface area contributed by atoms with Gasteiger partial charge in [-0.15, -0.1) is 0 Å². The van der Waals surface area contributed by atoms with Crippen LogP contribution in [0, 0.1) is 5.92 Å². The number of hydrogen-bond donors (Lipinski definition) is 1. The van der Waals surface area contributed by atoms with E-state index in [1.165, 1.54) is 12.1 Å². The molecule has 0 unspecified atom stereocenters. The standard InChI is InChI=1S/C12H11F3O5S/c13-12(14,15)21(18,19)20-10-3-1-7(2-4-10)8-5-9(6-8)11(16)17/h1-4,8-9H,5-6H2,(H,16,17). The van der Waals surface area contributed by atoms with Gasteiger partial charge in [0, 0.05) is 0 Å². The highest BCUT2D eigenvalue weighted by Crippen LogP contribution is 2.42. The van der Waals surface area contributed by atoms with Crippen LogP contribution in [0.25, 0.3) is 0 Å². The second kappa shape index (κ2) is 5.21. The van der Waals surface area contributed by atoms with E-state index in [1.807, 2.05) is 0 Å². The molecule has 1 aliphatic carbocycles. The predicted octanol–water partition coefficient (Wildman–Crippen LogP) is 2.49. The molecule has 0 atom stereocenters. The molecule has 1 aromatic carbocycles. The molecule has 5 nitrogen and oxygen atoms in total. The Morgan fingerprint density at radius 3 is 2.14 bits per heavy atom. The lowest BCUT2D eigenvalue weighted by Crippen LogP contribution is -2.29. The maximum Gasteiger partial charge on any atom is 0.534 e. The first-order chi connectivity index (χ1) is 9.60. The molecule has 0 heterocycles. The van der Waals surface area contributed by atoms with Crippen LogP contribution in [-0.4, -0.2) is 25.0 Å². The molecule has 116 valence electrons. The molecule has 1 saturated carbocycles. The molecule has 0 aromatic heterocycles. The molecule has 0 aliphatic heterocycles. The van der Waals surface area contributed by atoms with Crippen molar-refractivity contribution in [3.05, 3.63) is 29.8 Å². The Balaban J connectivity index is 2.03. The lowest BCUT2D eigenvalue weighted by Gasteiger charge is -2.32. The van der Waals surface area contributed by atoms with Crippen LogP contribution < -0.4 is 4.18 Å². The minimum Gasteiger partial charge on any atom is -0.481 e. The topological polar surface area (TPSA) is 80.7 Å². The highest BCUT2D eigenvalue weighted by molar-refractivity contribution is 7.87. The van der Waals surface area contributed by atoms with E-state index < -0.39 is 33.3 Å². The normalized spacial score (nSPS) is 22.4. The highest BCUT2D eigenvalue weighted by Gasteiger charge is 2.48. The molecule has 0 saturated heterocycles. The van der Waals surface area contributed by atoms with Gasteiger partial charge in [0.05, 0.1) is 5.92 Å². The van der Waals surface area contributed by atoms with E-state index in [-0.39, 0.29) is 5.92 Å². The molecule has 0 radical (unpaired) electrons. The second-order valence-corrected chi connectivity index (χ2v) is 6.29. The van der Waals surface area contributed by atoms with Gasteiger partial charge in [0.25, 0.3) is 0 Å². The summed E-state index contributed by atoms with van der Waals surface area (Å²) in [6.45, 7) is 0. The first kappa shape index (κ1) is 15.6. The Labute approximate surface area is 118 Å². The fourth-order valence-electron chi connectivity index (χ4n) is 2.06. The minimum atomic E-state index is -5.67. The number of aliphatic carboxylic acids is 1. The Morgan fingerprint density at radius 1 is 1.19 bits per heavy atom. The maximum absolute atomic E-state index is 12.1. The molecule has 1 N–H and O–H groups in total. The third-order valence-corrected chi connectivity index (χ3v) is 4.31. The van der Waals surface area contributed by atoms with Crippen molar-refractivity contribution < 1.29 is 35.7 Å². The third kappa shape index (κ3) is 3.29. The van der Waals surface area contributed by atoms with Crippen molar-refractivity contribution in [1.82, 2.24) is 0 Å². The zero-order valence-corrected chi connectivity index (χ0v) is 11.3. The van der Waals surface area contributed by atoms with Gasteiger partial charge in [0.15, 0.2) is 0 Å². The van der Waals surface area contributed by atoms with Gasteiger partial charge in [0.2, 0.25) is 0 Å². The Morgan fingerprint density at radius 2 is 1.71 bits per heavy atom. The van der Waals surface area contributed by atoms with Crippen LogP contribution in [0.4, 0.5) is 13.2 Å². The maximum atomic E-state index is 12.1. The molecular weight excluding hydrogens is 313 g/mol. The van der Waals surface area contributed by atoms with Crippen LogP contribution >= 0.6 is 0 Å². The number of benzene rings is 1. The summed E-state index contributed by atoms with van der Waals surface area (Å²) >= 11 is 0.